The minimum atomic E-state index is -0.820. The van der Waals surface area contributed by atoms with Crippen LogP contribution >= 0.6 is 0 Å². The van der Waals surface area contributed by atoms with Crippen LogP contribution in [-0.4, -0.2) is 63.3 Å². The van der Waals surface area contributed by atoms with Gasteiger partial charge in [-0.05, 0) is 122 Å². The van der Waals surface area contributed by atoms with Gasteiger partial charge in [-0.15, -0.1) is 0 Å². The van der Waals surface area contributed by atoms with Crippen molar-refractivity contribution in [3.8, 4) is 23.0 Å². The van der Waals surface area contributed by atoms with Crippen molar-refractivity contribution < 1.29 is 38.0 Å². The van der Waals surface area contributed by atoms with Gasteiger partial charge >= 0.3 is 0 Å². The number of carbonyl (C=O) groups excluding carboxylic acids is 2. The zero-order chi connectivity index (χ0) is 33.9. The molecular weight excluding hydrogens is 616 g/mol. The third-order valence-electron chi connectivity index (χ3n) is 7.27. The van der Waals surface area contributed by atoms with E-state index in [1.54, 1.807) is 101 Å². The van der Waals surface area contributed by atoms with Crippen LogP contribution in [0.1, 0.15) is 45.7 Å². The summed E-state index contributed by atoms with van der Waals surface area (Å²) in [7, 11) is 3.13. The summed E-state index contributed by atoms with van der Waals surface area (Å²) in [5.41, 5.74) is 8.90. The normalized spacial score (nSPS) is 16.4. The van der Waals surface area contributed by atoms with E-state index in [0.717, 1.165) is 11.1 Å². The van der Waals surface area contributed by atoms with Gasteiger partial charge in [0.2, 0.25) is 0 Å². The van der Waals surface area contributed by atoms with Gasteiger partial charge in [-0.25, -0.2) is 10.9 Å². The van der Waals surface area contributed by atoms with Crippen LogP contribution in [0.3, 0.4) is 0 Å². The molecule has 0 bridgehead atoms. The van der Waals surface area contributed by atoms with Crippen molar-refractivity contribution in [2.24, 2.45) is 10.2 Å². The van der Waals surface area contributed by atoms with Gasteiger partial charge in [0.25, 0.3) is 24.4 Å². The molecule has 0 unspecified atom stereocenters. The molecule has 2 N–H and O–H groups in total. The van der Waals surface area contributed by atoms with E-state index < -0.39 is 12.6 Å². The van der Waals surface area contributed by atoms with Crippen LogP contribution in [0.2, 0.25) is 0 Å². The SMILES string of the molecule is COc1ccc(C(=O)N/N=C(/C)c2ccc(O[C@@H]3OCCO[C@@H]3Oc3ccc(/C(C)=N/NC(=O)c4ccc(OC)cc4)cc3)cc2)cc1. The summed E-state index contributed by atoms with van der Waals surface area (Å²) in [6.07, 6.45) is -1.64. The monoisotopic (exact) mass is 652 g/mol. The molecule has 2 amide bonds. The van der Waals surface area contributed by atoms with Crippen molar-refractivity contribution >= 4 is 23.2 Å². The van der Waals surface area contributed by atoms with E-state index in [0.29, 0.717) is 58.8 Å². The molecule has 48 heavy (non-hydrogen) atoms. The molecule has 2 atom stereocenters. The Kier molecular flexibility index (Phi) is 11.4. The fourth-order valence-electron chi connectivity index (χ4n) is 4.49. The first-order valence-corrected chi connectivity index (χ1v) is 15.1. The van der Waals surface area contributed by atoms with Gasteiger partial charge in [-0.1, -0.05) is 0 Å². The van der Waals surface area contributed by atoms with Gasteiger partial charge in [-0.3, -0.25) is 9.59 Å². The second-order valence-corrected chi connectivity index (χ2v) is 10.5. The molecule has 4 aromatic carbocycles. The van der Waals surface area contributed by atoms with Crippen LogP contribution in [0.5, 0.6) is 23.0 Å². The van der Waals surface area contributed by atoms with Crippen LogP contribution in [0, 0.1) is 0 Å². The molecule has 0 saturated carbocycles. The lowest BCUT2D eigenvalue weighted by molar-refractivity contribution is -0.271. The van der Waals surface area contributed by atoms with E-state index >= 15 is 0 Å². The summed E-state index contributed by atoms with van der Waals surface area (Å²) in [5.74, 6) is 1.75. The van der Waals surface area contributed by atoms with Crippen LogP contribution in [0.25, 0.3) is 0 Å². The van der Waals surface area contributed by atoms with Crippen molar-refractivity contribution in [3.63, 3.8) is 0 Å². The molecule has 4 aromatic rings. The van der Waals surface area contributed by atoms with Crippen molar-refractivity contribution in [3.05, 3.63) is 119 Å². The van der Waals surface area contributed by atoms with E-state index in [-0.39, 0.29) is 11.8 Å². The largest absolute Gasteiger partial charge is 0.497 e. The molecule has 248 valence electrons. The van der Waals surface area contributed by atoms with Gasteiger partial charge in [0, 0.05) is 11.1 Å². The van der Waals surface area contributed by atoms with Crippen molar-refractivity contribution in [2.75, 3.05) is 27.4 Å². The van der Waals surface area contributed by atoms with Crippen molar-refractivity contribution in [1.29, 1.82) is 0 Å². The molecule has 1 aliphatic heterocycles. The first-order chi connectivity index (χ1) is 23.3. The third kappa shape index (κ3) is 8.96. The fourth-order valence-corrected chi connectivity index (χ4v) is 4.49. The highest BCUT2D eigenvalue weighted by atomic mass is 16.8. The number of amides is 2. The number of nitrogens with one attached hydrogen (secondary N) is 2. The number of nitrogens with zero attached hydrogens (tertiary/aromatic N) is 2. The standard InChI is InChI=1S/C36H36N4O8/c1-23(37-39-33(41)27-9-13-29(43-3)14-10-27)25-5-17-31(18-6-25)47-35-36(46-22-21-45-35)48-32-19-7-26(8-20-32)24(2)38-40-34(42)28-11-15-30(44-4)16-12-28/h5-20,35-36H,21-22H2,1-4H3,(H,39,41)(H,40,42)/b37-23-,38-24+/t35-,36+/m0/s1. The molecule has 0 aliphatic carbocycles. The highest BCUT2D eigenvalue weighted by Crippen LogP contribution is 2.23. The van der Waals surface area contributed by atoms with E-state index in [4.69, 9.17) is 28.4 Å². The van der Waals surface area contributed by atoms with Crippen LogP contribution in [-0.2, 0) is 9.47 Å². The van der Waals surface area contributed by atoms with Gasteiger partial charge < -0.3 is 28.4 Å². The lowest BCUT2D eigenvalue weighted by Gasteiger charge is -2.31. The summed E-state index contributed by atoms with van der Waals surface area (Å²) < 4.78 is 34.0. The van der Waals surface area contributed by atoms with E-state index in [1.807, 2.05) is 24.3 Å². The van der Waals surface area contributed by atoms with Gasteiger partial charge in [0.15, 0.2) is 0 Å². The molecule has 12 heteroatoms. The molecule has 12 nitrogen and oxygen atoms in total. The van der Waals surface area contributed by atoms with Crippen molar-refractivity contribution in [2.45, 2.75) is 26.4 Å². The van der Waals surface area contributed by atoms with Crippen LogP contribution in [0.4, 0.5) is 0 Å². The third-order valence-corrected chi connectivity index (χ3v) is 7.27. The average molecular weight is 653 g/mol. The average Bonchev–Trinajstić information content (AvgIpc) is 3.14. The molecular formula is C36H36N4O8. The lowest BCUT2D eigenvalue weighted by atomic mass is 10.1. The number of ether oxygens (including phenoxy) is 6. The number of rotatable bonds is 12. The number of hydrogen-bond acceptors (Lipinski definition) is 10. The topological polar surface area (TPSA) is 138 Å². The Balaban J connectivity index is 1.14. The Hall–Kier alpha value is -5.72. The Morgan fingerprint density at radius 1 is 0.542 bits per heavy atom. The highest BCUT2D eigenvalue weighted by molar-refractivity contribution is 6.01. The second kappa shape index (κ2) is 16.2. The highest BCUT2D eigenvalue weighted by Gasteiger charge is 2.31. The van der Waals surface area contributed by atoms with Gasteiger partial charge in [0.05, 0.1) is 38.9 Å². The Bertz CT molecular complexity index is 1610. The molecule has 1 aliphatic rings. The minimum absolute atomic E-state index is 0.329. The second-order valence-electron chi connectivity index (χ2n) is 10.5. The fraction of sp³-hybridized carbons (Fsp3) is 0.222. The number of carbonyl (C=O) groups is 2. The van der Waals surface area contributed by atoms with Gasteiger partial charge in [0.1, 0.15) is 23.0 Å². The minimum Gasteiger partial charge on any atom is -0.497 e. The quantitative estimate of drug-likeness (QED) is 0.158. The van der Waals surface area contributed by atoms with Crippen LogP contribution < -0.4 is 29.8 Å². The van der Waals surface area contributed by atoms with Crippen molar-refractivity contribution in [1.82, 2.24) is 10.9 Å². The maximum Gasteiger partial charge on any atom is 0.271 e. The molecule has 1 fully saturated rings. The molecule has 1 saturated heterocycles. The maximum absolute atomic E-state index is 12.4. The Morgan fingerprint density at radius 3 is 1.19 bits per heavy atom. The lowest BCUT2D eigenvalue weighted by Crippen LogP contribution is -2.45. The summed E-state index contributed by atoms with van der Waals surface area (Å²) in [4.78, 5) is 24.9. The van der Waals surface area contributed by atoms with E-state index in [2.05, 4.69) is 21.1 Å². The van der Waals surface area contributed by atoms with E-state index in [1.165, 1.54) is 0 Å². The zero-order valence-corrected chi connectivity index (χ0v) is 27.0. The summed E-state index contributed by atoms with van der Waals surface area (Å²) in [6.45, 7) is 4.28. The molecule has 0 aromatic heterocycles. The maximum atomic E-state index is 12.4. The predicted molar refractivity (Wildman–Crippen MR) is 179 cm³/mol. The number of hydrazone groups is 2. The zero-order valence-electron chi connectivity index (χ0n) is 27.0. The number of methoxy groups -OCH3 is 2. The number of benzene rings is 4. The first-order valence-electron chi connectivity index (χ1n) is 15.1. The predicted octanol–water partition coefficient (Wildman–Crippen LogP) is 5.17. The van der Waals surface area contributed by atoms with Gasteiger partial charge in [-0.2, -0.15) is 10.2 Å². The first kappa shape index (κ1) is 33.6. The van der Waals surface area contributed by atoms with E-state index in [9.17, 15) is 9.59 Å². The summed E-state index contributed by atoms with van der Waals surface area (Å²) in [6, 6.07) is 27.9. The number of hydrogen-bond donors (Lipinski definition) is 2. The molecule has 5 rings (SSSR count). The Labute approximate surface area is 278 Å². The molecule has 1 heterocycles. The Morgan fingerprint density at radius 2 is 0.854 bits per heavy atom. The summed E-state index contributed by atoms with van der Waals surface area (Å²) >= 11 is 0. The smallest absolute Gasteiger partial charge is 0.271 e. The summed E-state index contributed by atoms with van der Waals surface area (Å²) in [5, 5.41) is 8.44. The van der Waals surface area contributed by atoms with Crippen LogP contribution in [0.15, 0.2) is 107 Å². The molecule has 0 radical (unpaired) electrons. The molecule has 0 spiro atoms.